The van der Waals surface area contributed by atoms with E-state index in [4.69, 9.17) is 4.74 Å². The van der Waals surface area contributed by atoms with Gasteiger partial charge in [0, 0.05) is 18.4 Å². The van der Waals surface area contributed by atoms with E-state index in [-0.39, 0.29) is 11.9 Å². The van der Waals surface area contributed by atoms with Crippen LogP contribution in [0, 0.1) is 0 Å². The highest BCUT2D eigenvalue weighted by Gasteiger charge is 2.21. The highest BCUT2D eigenvalue weighted by Crippen LogP contribution is 2.31. The van der Waals surface area contributed by atoms with Crippen molar-refractivity contribution in [3.8, 4) is 5.75 Å². The first-order valence-electron chi connectivity index (χ1n) is 5.32. The largest absolute Gasteiger partial charge is 0.493 e. The molecule has 0 aromatic heterocycles. The minimum absolute atomic E-state index is 0.0942. The van der Waals surface area contributed by atoms with Crippen molar-refractivity contribution in [1.82, 2.24) is 5.32 Å². The topological polar surface area (TPSA) is 38.3 Å². The molecule has 1 N–H and O–H groups in total. The predicted molar refractivity (Wildman–Crippen MR) is 57.7 cm³/mol. The Morgan fingerprint density at radius 3 is 3.13 bits per heavy atom. The Kier molecular flexibility index (Phi) is 2.90. The lowest BCUT2D eigenvalue weighted by Crippen LogP contribution is -2.31. The van der Waals surface area contributed by atoms with Crippen molar-refractivity contribution in [2.75, 3.05) is 6.61 Å². The molecule has 0 radical (unpaired) electrons. The lowest BCUT2D eigenvalue weighted by Gasteiger charge is -2.26. The average Bonchev–Trinajstić information content (AvgIpc) is 2.29. The van der Waals surface area contributed by atoms with Crippen LogP contribution in [-0.4, -0.2) is 12.5 Å². The van der Waals surface area contributed by atoms with Gasteiger partial charge in [0.1, 0.15) is 5.75 Å². The summed E-state index contributed by atoms with van der Waals surface area (Å²) in [5, 5.41) is 3.01. The van der Waals surface area contributed by atoms with Crippen LogP contribution in [0.1, 0.15) is 31.4 Å². The summed E-state index contributed by atoms with van der Waals surface area (Å²) in [5.74, 6) is 0.988. The fourth-order valence-electron chi connectivity index (χ4n) is 1.79. The highest BCUT2D eigenvalue weighted by atomic mass is 16.5. The van der Waals surface area contributed by atoms with Crippen LogP contribution in [0.4, 0.5) is 0 Å². The summed E-state index contributed by atoms with van der Waals surface area (Å²) < 4.78 is 5.52. The van der Waals surface area contributed by atoms with Gasteiger partial charge in [0.15, 0.2) is 0 Å². The van der Waals surface area contributed by atoms with Gasteiger partial charge in [-0.05, 0) is 6.07 Å². The second-order valence-corrected chi connectivity index (χ2v) is 3.65. The molecule has 1 aromatic carbocycles. The molecule has 0 bridgehead atoms. The average molecular weight is 205 g/mol. The molecule has 0 saturated carbocycles. The SMILES string of the molecule is CCC(=O)NC1CCOc2ccccc21. The number of nitrogens with one attached hydrogen (secondary N) is 1. The summed E-state index contributed by atoms with van der Waals surface area (Å²) >= 11 is 0. The summed E-state index contributed by atoms with van der Waals surface area (Å²) in [6.45, 7) is 2.53. The molecule has 0 fully saturated rings. The second-order valence-electron chi connectivity index (χ2n) is 3.65. The van der Waals surface area contributed by atoms with Crippen LogP contribution in [0.15, 0.2) is 24.3 Å². The van der Waals surface area contributed by atoms with Crippen molar-refractivity contribution in [3.63, 3.8) is 0 Å². The van der Waals surface area contributed by atoms with E-state index in [1.54, 1.807) is 0 Å². The van der Waals surface area contributed by atoms with Gasteiger partial charge in [-0.1, -0.05) is 25.1 Å². The van der Waals surface area contributed by atoms with Crippen molar-refractivity contribution in [2.45, 2.75) is 25.8 Å². The molecule has 80 valence electrons. The Morgan fingerprint density at radius 2 is 2.33 bits per heavy atom. The van der Waals surface area contributed by atoms with Crippen LogP contribution < -0.4 is 10.1 Å². The van der Waals surface area contributed by atoms with Gasteiger partial charge in [-0.3, -0.25) is 4.79 Å². The first-order valence-corrected chi connectivity index (χ1v) is 5.32. The Labute approximate surface area is 89.4 Å². The van der Waals surface area contributed by atoms with Crippen LogP contribution in [-0.2, 0) is 4.79 Å². The van der Waals surface area contributed by atoms with Crippen molar-refractivity contribution in [1.29, 1.82) is 0 Å². The molecule has 0 spiro atoms. The third-order valence-corrected chi connectivity index (χ3v) is 2.61. The second kappa shape index (κ2) is 4.34. The van der Waals surface area contributed by atoms with Crippen molar-refractivity contribution < 1.29 is 9.53 Å². The monoisotopic (exact) mass is 205 g/mol. The molecule has 1 atom stereocenters. The fourth-order valence-corrected chi connectivity index (χ4v) is 1.79. The molecule has 1 unspecified atom stereocenters. The van der Waals surface area contributed by atoms with E-state index < -0.39 is 0 Å². The fraction of sp³-hybridized carbons (Fsp3) is 0.417. The standard InChI is InChI=1S/C12H15NO2/c1-2-12(14)13-10-7-8-15-11-6-4-3-5-9(10)11/h3-6,10H,2,7-8H2,1H3,(H,13,14). The van der Waals surface area contributed by atoms with Gasteiger partial charge < -0.3 is 10.1 Å². The van der Waals surface area contributed by atoms with Gasteiger partial charge in [-0.25, -0.2) is 0 Å². The number of rotatable bonds is 2. The number of benzene rings is 1. The van der Waals surface area contributed by atoms with Gasteiger partial charge in [0.25, 0.3) is 0 Å². The molecule has 15 heavy (non-hydrogen) atoms. The third-order valence-electron chi connectivity index (χ3n) is 2.61. The van der Waals surface area contributed by atoms with Crippen molar-refractivity contribution in [2.24, 2.45) is 0 Å². The lowest BCUT2D eigenvalue weighted by atomic mass is 10.0. The summed E-state index contributed by atoms with van der Waals surface area (Å²) in [4.78, 5) is 11.3. The van der Waals surface area contributed by atoms with E-state index in [0.29, 0.717) is 13.0 Å². The Hall–Kier alpha value is -1.51. The van der Waals surface area contributed by atoms with Gasteiger partial charge in [-0.2, -0.15) is 0 Å². The number of amides is 1. The van der Waals surface area contributed by atoms with Crippen LogP contribution in [0.25, 0.3) is 0 Å². The number of fused-ring (bicyclic) bond motifs is 1. The number of hydrogen-bond donors (Lipinski definition) is 1. The first kappa shape index (κ1) is 10.0. The molecular weight excluding hydrogens is 190 g/mol. The van der Waals surface area contributed by atoms with Crippen molar-refractivity contribution in [3.05, 3.63) is 29.8 Å². The summed E-state index contributed by atoms with van der Waals surface area (Å²) in [7, 11) is 0. The predicted octanol–water partition coefficient (Wildman–Crippen LogP) is 2.04. The lowest BCUT2D eigenvalue weighted by molar-refractivity contribution is -0.121. The summed E-state index contributed by atoms with van der Waals surface area (Å²) in [6, 6.07) is 7.98. The molecule has 3 heteroatoms. The molecule has 1 amide bonds. The maximum absolute atomic E-state index is 11.3. The van der Waals surface area contributed by atoms with E-state index in [1.165, 1.54) is 0 Å². The van der Waals surface area contributed by atoms with E-state index >= 15 is 0 Å². The number of para-hydroxylation sites is 1. The van der Waals surface area contributed by atoms with Crippen LogP contribution in [0.2, 0.25) is 0 Å². The minimum atomic E-state index is 0.0942. The molecule has 3 nitrogen and oxygen atoms in total. The summed E-state index contributed by atoms with van der Waals surface area (Å²) in [5.41, 5.74) is 1.09. The zero-order chi connectivity index (χ0) is 10.7. The van der Waals surface area contributed by atoms with Crippen molar-refractivity contribution >= 4 is 5.91 Å². The number of hydrogen-bond acceptors (Lipinski definition) is 2. The van der Waals surface area contributed by atoms with Crippen LogP contribution >= 0.6 is 0 Å². The minimum Gasteiger partial charge on any atom is -0.493 e. The number of carbonyl (C=O) groups is 1. The smallest absolute Gasteiger partial charge is 0.220 e. The Balaban J connectivity index is 2.18. The summed E-state index contributed by atoms with van der Waals surface area (Å²) in [6.07, 6.45) is 1.38. The van der Waals surface area contributed by atoms with E-state index in [2.05, 4.69) is 5.32 Å². The number of carbonyl (C=O) groups excluding carboxylic acids is 1. The molecule has 1 aromatic rings. The van der Waals surface area contributed by atoms with Crippen LogP contribution in [0.5, 0.6) is 5.75 Å². The first-order chi connectivity index (χ1) is 7.31. The van der Waals surface area contributed by atoms with E-state index in [9.17, 15) is 4.79 Å². The Bertz CT molecular complexity index is 362. The van der Waals surface area contributed by atoms with Gasteiger partial charge in [0.05, 0.1) is 12.6 Å². The maximum atomic E-state index is 11.3. The molecule has 2 rings (SSSR count). The third kappa shape index (κ3) is 2.12. The van der Waals surface area contributed by atoms with Gasteiger partial charge >= 0.3 is 0 Å². The molecule has 1 aliphatic rings. The molecular formula is C12H15NO2. The zero-order valence-corrected chi connectivity index (χ0v) is 8.82. The molecule has 1 aliphatic heterocycles. The maximum Gasteiger partial charge on any atom is 0.220 e. The zero-order valence-electron chi connectivity index (χ0n) is 8.82. The van der Waals surface area contributed by atoms with Gasteiger partial charge in [0.2, 0.25) is 5.91 Å². The van der Waals surface area contributed by atoms with Gasteiger partial charge in [-0.15, -0.1) is 0 Å². The molecule has 1 heterocycles. The Morgan fingerprint density at radius 1 is 1.53 bits per heavy atom. The van der Waals surface area contributed by atoms with E-state index in [0.717, 1.165) is 17.7 Å². The molecule has 0 saturated heterocycles. The van der Waals surface area contributed by atoms with Crippen LogP contribution in [0.3, 0.4) is 0 Å². The molecule has 0 aliphatic carbocycles. The normalized spacial score (nSPS) is 18.9. The van der Waals surface area contributed by atoms with E-state index in [1.807, 2.05) is 31.2 Å². The number of ether oxygens (including phenoxy) is 1. The quantitative estimate of drug-likeness (QED) is 0.802. The highest BCUT2D eigenvalue weighted by molar-refractivity contribution is 5.76.